The molecule has 0 atom stereocenters. The Bertz CT molecular complexity index is 808. The van der Waals surface area contributed by atoms with Crippen LogP contribution in [0.1, 0.15) is 21.5 Å². The van der Waals surface area contributed by atoms with Gasteiger partial charge in [-0.15, -0.1) is 11.3 Å². The zero-order valence-electron chi connectivity index (χ0n) is 13.3. The Morgan fingerprint density at radius 3 is 2.57 bits per heavy atom. The SMILES string of the molecule is COC(=O)c1ccc(CN(C)Cc2csc3ccccc23)cc1. The molecular weight excluding hydrogens is 306 g/mol. The standard InChI is InChI=1S/C19H19NO2S/c1-20(11-14-7-9-15(10-8-14)19(21)22-2)12-16-13-23-18-6-4-3-5-17(16)18/h3-10,13H,11-12H2,1-2H3. The second-order valence-corrected chi connectivity index (χ2v) is 6.53. The highest BCUT2D eigenvalue weighted by Crippen LogP contribution is 2.26. The fourth-order valence-corrected chi connectivity index (χ4v) is 3.63. The molecule has 0 N–H and O–H groups in total. The van der Waals surface area contributed by atoms with E-state index in [4.69, 9.17) is 4.74 Å². The lowest BCUT2D eigenvalue weighted by atomic mass is 10.1. The van der Waals surface area contributed by atoms with Gasteiger partial charge in [0.2, 0.25) is 0 Å². The van der Waals surface area contributed by atoms with Crippen LogP contribution in [0.4, 0.5) is 0 Å². The highest BCUT2D eigenvalue weighted by Gasteiger charge is 2.08. The van der Waals surface area contributed by atoms with Crippen molar-refractivity contribution in [3.8, 4) is 0 Å². The minimum absolute atomic E-state index is 0.297. The first-order valence-corrected chi connectivity index (χ1v) is 8.36. The van der Waals surface area contributed by atoms with Gasteiger partial charge >= 0.3 is 5.97 Å². The Balaban J connectivity index is 1.67. The molecule has 0 fully saturated rings. The third-order valence-electron chi connectivity index (χ3n) is 3.83. The Morgan fingerprint density at radius 1 is 1.09 bits per heavy atom. The van der Waals surface area contributed by atoms with Crippen molar-refractivity contribution in [2.45, 2.75) is 13.1 Å². The van der Waals surface area contributed by atoms with Gasteiger partial charge in [-0.05, 0) is 47.1 Å². The molecule has 2 aromatic carbocycles. The van der Waals surface area contributed by atoms with Crippen molar-refractivity contribution in [1.82, 2.24) is 4.90 Å². The van der Waals surface area contributed by atoms with E-state index in [-0.39, 0.29) is 5.97 Å². The maximum Gasteiger partial charge on any atom is 0.337 e. The molecule has 0 spiro atoms. The summed E-state index contributed by atoms with van der Waals surface area (Å²) >= 11 is 1.79. The largest absolute Gasteiger partial charge is 0.465 e. The number of benzene rings is 2. The third-order valence-corrected chi connectivity index (χ3v) is 4.84. The van der Waals surface area contributed by atoms with Crippen molar-refractivity contribution in [1.29, 1.82) is 0 Å². The van der Waals surface area contributed by atoms with Crippen molar-refractivity contribution in [3.63, 3.8) is 0 Å². The summed E-state index contributed by atoms with van der Waals surface area (Å²) in [4.78, 5) is 13.7. The number of carbonyl (C=O) groups is 1. The van der Waals surface area contributed by atoms with E-state index >= 15 is 0 Å². The average molecular weight is 325 g/mol. The van der Waals surface area contributed by atoms with Gasteiger partial charge in [0.05, 0.1) is 12.7 Å². The molecule has 0 saturated carbocycles. The number of hydrogen-bond donors (Lipinski definition) is 0. The molecule has 0 radical (unpaired) electrons. The van der Waals surface area contributed by atoms with Gasteiger partial charge in [0.15, 0.2) is 0 Å². The van der Waals surface area contributed by atoms with Crippen LogP contribution in [0, 0.1) is 0 Å². The first kappa shape index (κ1) is 15.7. The normalized spacial score (nSPS) is 11.1. The van der Waals surface area contributed by atoms with E-state index in [1.54, 1.807) is 11.3 Å². The molecule has 1 heterocycles. The van der Waals surface area contributed by atoms with Gasteiger partial charge in [-0.25, -0.2) is 4.79 Å². The molecule has 0 bridgehead atoms. The van der Waals surface area contributed by atoms with E-state index in [9.17, 15) is 4.79 Å². The lowest BCUT2D eigenvalue weighted by Crippen LogP contribution is -2.17. The fourth-order valence-electron chi connectivity index (χ4n) is 2.68. The number of esters is 1. The summed E-state index contributed by atoms with van der Waals surface area (Å²) in [5.74, 6) is -0.297. The van der Waals surface area contributed by atoms with Crippen LogP contribution < -0.4 is 0 Å². The maximum atomic E-state index is 11.5. The first-order chi connectivity index (χ1) is 11.2. The summed E-state index contributed by atoms with van der Waals surface area (Å²) in [6.07, 6.45) is 0. The van der Waals surface area contributed by atoms with E-state index < -0.39 is 0 Å². The Morgan fingerprint density at radius 2 is 1.83 bits per heavy atom. The zero-order valence-corrected chi connectivity index (χ0v) is 14.1. The minimum Gasteiger partial charge on any atom is -0.465 e. The third kappa shape index (κ3) is 3.60. The number of thiophene rings is 1. The molecule has 4 heteroatoms. The van der Waals surface area contributed by atoms with Crippen LogP contribution in [0.25, 0.3) is 10.1 Å². The molecule has 3 aromatic rings. The van der Waals surface area contributed by atoms with Crippen LogP contribution in [-0.4, -0.2) is 25.0 Å². The molecule has 0 unspecified atom stereocenters. The fraction of sp³-hybridized carbons (Fsp3) is 0.211. The van der Waals surface area contributed by atoms with E-state index in [0.717, 1.165) is 13.1 Å². The first-order valence-electron chi connectivity index (χ1n) is 7.48. The van der Waals surface area contributed by atoms with Crippen molar-refractivity contribution in [3.05, 3.63) is 70.6 Å². The molecule has 23 heavy (non-hydrogen) atoms. The minimum atomic E-state index is -0.297. The second kappa shape index (κ2) is 6.94. The molecule has 0 aliphatic carbocycles. The van der Waals surface area contributed by atoms with Gasteiger partial charge in [-0.3, -0.25) is 4.90 Å². The van der Waals surface area contributed by atoms with Crippen molar-refractivity contribution in [2.75, 3.05) is 14.2 Å². The second-order valence-electron chi connectivity index (χ2n) is 5.62. The molecule has 1 aromatic heterocycles. The lowest BCUT2D eigenvalue weighted by Gasteiger charge is -2.16. The number of nitrogens with zero attached hydrogens (tertiary/aromatic N) is 1. The molecule has 118 valence electrons. The number of fused-ring (bicyclic) bond motifs is 1. The average Bonchev–Trinajstić information content (AvgIpc) is 2.98. The quantitative estimate of drug-likeness (QED) is 0.654. The molecule has 3 rings (SSSR count). The summed E-state index contributed by atoms with van der Waals surface area (Å²) in [6, 6.07) is 16.1. The van der Waals surface area contributed by atoms with E-state index in [1.807, 2.05) is 24.3 Å². The Labute approximate surface area is 140 Å². The van der Waals surface area contributed by atoms with Gasteiger partial charge in [-0.2, -0.15) is 0 Å². The van der Waals surface area contributed by atoms with Crippen molar-refractivity contribution >= 4 is 27.4 Å². The van der Waals surface area contributed by atoms with Crippen molar-refractivity contribution in [2.24, 2.45) is 0 Å². The van der Waals surface area contributed by atoms with Gasteiger partial charge < -0.3 is 4.74 Å². The summed E-state index contributed by atoms with van der Waals surface area (Å²) in [5.41, 5.74) is 3.13. The molecule has 0 saturated heterocycles. The number of carbonyl (C=O) groups excluding carboxylic acids is 1. The Hall–Kier alpha value is -2.17. The van der Waals surface area contributed by atoms with E-state index in [2.05, 4.69) is 41.6 Å². The van der Waals surface area contributed by atoms with Crippen LogP contribution in [-0.2, 0) is 17.8 Å². The van der Waals surface area contributed by atoms with Crippen LogP contribution in [0.5, 0.6) is 0 Å². The topological polar surface area (TPSA) is 29.5 Å². The molecule has 0 amide bonds. The van der Waals surface area contributed by atoms with Crippen LogP contribution >= 0.6 is 11.3 Å². The molecular formula is C19H19NO2S. The number of hydrogen-bond acceptors (Lipinski definition) is 4. The summed E-state index contributed by atoms with van der Waals surface area (Å²) < 4.78 is 6.05. The molecule has 0 aliphatic rings. The smallest absolute Gasteiger partial charge is 0.337 e. The van der Waals surface area contributed by atoms with Crippen molar-refractivity contribution < 1.29 is 9.53 Å². The predicted octanol–water partition coefficient (Wildman–Crippen LogP) is 4.32. The number of rotatable bonds is 5. The van der Waals surface area contributed by atoms with Gasteiger partial charge in [-0.1, -0.05) is 30.3 Å². The monoisotopic (exact) mass is 325 g/mol. The van der Waals surface area contributed by atoms with E-state index in [0.29, 0.717) is 5.56 Å². The molecule has 3 nitrogen and oxygen atoms in total. The summed E-state index contributed by atoms with van der Waals surface area (Å²) in [6.45, 7) is 1.74. The number of ether oxygens (including phenoxy) is 1. The van der Waals surface area contributed by atoms with Crippen LogP contribution in [0.15, 0.2) is 53.9 Å². The van der Waals surface area contributed by atoms with Crippen LogP contribution in [0.3, 0.4) is 0 Å². The Kier molecular flexibility index (Phi) is 4.74. The lowest BCUT2D eigenvalue weighted by molar-refractivity contribution is 0.0600. The zero-order chi connectivity index (χ0) is 16.2. The summed E-state index contributed by atoms with van der Waals surface area (Å²) in [5, 5.41) is 3.58. The predicted molar refractivity (Wildman–Crippen MR) is 94.8 cm³/mol. The van der Waals surface area contributed by atoms with E-state index in [1.165, 1.54) is 28.3 Å². The van der Waals surface area contributed by atoms with Gasteiger partial charge in [0.1, 0.15) is 0 Å². The van der Waals surface area contributed by atoms with Gasteiger partial charge in [0.25, 0.3) is 0 Å². The highest BCUT2D eigenvalue weighted by molar-refractivity contribution is 7.17. The maximum absolute atomic E-state index is 11.5. The van der Waals surface area contributed by atoms with Gasteiger partial charge in [0, 0.05) is 17.8 Å². The number of methoxy groups -OCH3 is 1. The van der Waals surface area contributed by atoms with Crippen LogP contribution in [0.2, 0.25) is 0 Å². The summed E-state index contributed by atoms with van der Waals surface area (Å²) in [7, 11) is 3.51. The highest BCUT2D eigenvalue weighted by atomic mass is 32.1. The molecule has 0 aliphatic heterocycles.